The number of fused-ring (bicyclic) bond motifs is 1. The van der Waals surface area contributed by atoms with Crippen molar-refractivity contribution < 1.29 is 9.53 Å². The second-order valence-electron chi connectivity index (χ2n) is 9.45. The van der Waals surface area contributed by atoms with Gasteiger partial charge in [-0.1, -0.05) is 37.5 Å². The number of hydrogen-bond acceptors (Lipinski definition) is 5. The summed E-state index contributed by atoms with van der Waals surface area (Å²) in [5, 5.41) is 0. The molecule has 2 fully saturated rings. The van der Waals surface area contributed by atoms with E-state index in [9.17, 15) is 4.79 Å². The molecule has 3 heterocycles. The molecule has 6 nitrogen and oxygen atoms in total. The van der Waals surface area contributed by atoms with Gasteiger partial charge in [0.05, 0.1) is 19.7 Å². The van der Waals surface area contributed by atoms with Crippen molar-refractivity contribution in [3.05, 3.63) is 46.9 Å². The van der Waals surface area contributed by atoms with Crippen molar-refractivity contribution in [3.63, 3.8) is 0 Å². The molecule has 170 valence electrons. The Kier molecular flexibility index (Phi) is 6.13. The summed E-state index contributed by atoms with van der Waals surface area (Å²) in [5.41, 5.74) is 3.14. The minimum atomic E-state index is 0.128. The molecule has 1 amide bonds. The van der Waals surface area contributed by atoms with Gasteiger partial charge in [0.25, 0.3) is 0 Å². The summed E-state index contributed by atoms with van der Waals surface area (Å²) < 4.78 is 5.54. The van der Waals surface area contributed by atoms with E-state index in [1.165, 1.54) is 38.5 Å². The third-order valence-electron chi connectivity index (χ3n) is 7.51. The van der Waals surface area contributed by atoms with Crippen LogP contribution < -0.4 is 9.64 Å². The number of likely N-dealkylation sites (tertiary alicyclic amines) is 1. The number of benzene rings is 1. The van der Waals surface area contributed by atoms with Gasteiger partial charge in [-0.3, -0.25) is 14.6 Å². The monoisotopic (exact) mass is 434 g/mol. The highest BCUT2D eigenvalue weighted by molar-refractivity contribution is 5.95. The van der Waals surface area contributed by atoms with Crippen molar-refractivity contribution in [2.24, 2.45) is 0 Å². The fraction of sp³-hybridized carbons (Fsp3) is 0.577. The molecular weight excluding hydrogens is 400 g/mol. The zero-order valence-electron chi connectivity index (χ0n) is 19.3. The maximum Gasteiger partial charge on any atom is 0.228 e. The highest BCUT2D eigenvalue weighted by atomic mass is 16.5. The standard InChI is InChI=1S/C26H34N4O2/c1-18-21-14-15-24(31)30(17-19-9-6-7-13-23(19)32-2)26(21)28-25(27-18)22-12-8-16-29(22)20-10-4-3-5-11-20/h6-7,9,13,20,22H,3-5,8,10-12,14-17H2,1-2H3. The first kappa shape index (κ1) is 21.4. The topological polar surface area (TPSA) is 58.6 Å². The largest absolute Gasteiger partial charge is 0.496 e. The molecule has 1 aromatic heterocycles. The molecule has 2 aliphatic heterocycles. The second kappa shape index (κ2) is 9.18. The highest BCUT2D eigenvalue weighted by Crippen LogP contribution is 2.39. The van der Waals surface area contributed by atoms with E-state index < -0.39 is 0 Å². The lowest BCUT2D eigenvalue weighted by molar-refractivity contribution is -0.119. The molecular formula is C26H34N4O2. The molecule has 2 aromatic rings. The zero-order chi connectivity index (χ0) is 22.1. The number of aryl methyl sites for hydroxylation is 1. The summed E-state index contributed by atoms with van der Waals surface area (Å²) in [6.45, 7) is 3.70. The van der Waals surface area contributed by atoms with Gasteiger partial charge in [0.2, 0.25) is 5.91 Å². The molecule has 0 radical (unpaired) electrons. The number of carbonyl (C=O) groups is 1. The summed E-state index contributed by atoms with van der Waals surface area (Å²) in [6, 6.07) is 8.84. The molecule has 1 atom stereocenters. The Morgan fingerprint density at radius 1 is 1.03 bits per heavy atom. The molecule has 1 aromatic carbocycles. The van der Waals surface area contributed by atoms with Crippen LogP contribution in [0.15, 0.2) is 24.3 Å². The van der Waals surface area contributed by atoms with Gasteiger partial charge in [-0.2, -0.15) is 0 Å². The van der Waals surface area contributed by atoms with Gasteiger partial charge in [0, 0.05) is 29.3 Å². The van der Waals surface area contributed by atoms with Crippen LogP contribution >= 0.6 is 0 Å². The molecule has 6 heteroatoms. The molecule has 0 bridgehead atoms. The first-order valence-electron chi connectivity index (χ1n) is 12.2. The Labute approximate surface area is 191 Å². The quantitative estimate of drug-likeness (QED) is 0.680. The molecule has 0 spiro atoms. The maximum absolute atomic E-state index is 13.0. The van der Waals surface area contributed by atoms with Crippen LogP contribution in [0.3, 0.4) is 0 Å². The fourth-order valence-corrected chi connectivity index (χ4v) is 5.84. The second-order valence-corrected chi connectivity index (χ2v) is 9.45. The summed E-state index contributed by atoms with van der Waals surface area (Å²) in [4.78, 5) is 27.6. The van der Waals surface area contributed by atoms with Gasteiger partial charge in [-0.05, 0) is 51.6 Å². The number of carbonyl (C=O) groups excluding carboxylic acids is 1. The Morgan fingerprint density at radius 3 is 2.66 bits per heavy atom. The van der Waals surface area contributed by atoms with E-state index in [4.69, 9.17) is 14.7 Å². The van der Waals surface area contributed by atoms with Crippen molar-refractivity contribution in [2.75, 3.05) is 18.6 Å². The van der Waals surface area contributed by atoms with E-state index in [0.717, 1.165) is 53.6 Å². The maximum atomic E-state index is 13.0. The summed E-state index contributed by atoms with van der Waals surface area (Å²) in [5.74, 6) is 2.65. The smallest absolute Gasteiger partial charge is 0.228 e. The number of methoxy groups -OCH3 is 1. The minimum absolute atomic E-state index is 0.128. The number of rotatable bonds is 5. The van der Waals surface area contributed by atoms with E-state index in [0.29, 0.717) is 19.0 Å². The van der Waals surface area contributed by atoms with Crippen LogP contribution in [0.4, 0.5) is 5.82 Å². The first-order valence-corrected chi connectivity index (χ1v) is 12.2. The predicted molar refractivity (Wildman–Crippen MR) is 125 cm³/mol. The van der Waals surface area contributed by atoms with E-state index >= 15 is 0 Å². The molecule has 1 aliphatic carbocycles. The number of amides is 1. The number of ether oxygens (including phenoxy) is 1. The normalized spacial score (nSPS) is 22.2. The predicted octanol–water partition coefficient (Wildman–Crippen LogP) is 4.74. The van der Waals surface area contributed by atoms with Crippen LogP contribution in [-0.4, -0.2) is 40.5 Å². The molecule has 5 rings (SSSR count). The van der Waals surface area contributed by atoms with Gasteiger partial charge in [0.1, 0.15) is 17.4 Å². The lowest BCUT2D eigenvalue weighted by Gasteiger charge is -2.36. The Hall–Kier alpha value is -2.47. The highest BCUT2D eigenvalue weighted by Gasteiger charge is 2.36. The molecule has 32 heavy (non-hydrogen) atoms. The van der Waals surface area contributed by atoms with Gasteiger partial charge >= 0.3 is 0 Å². The minimum Gasteiger partial charge on any atom is -0.496 e. The summed E-state index contributed by atoms with van der Waals surface area (Å²) in [7, 11) is 1.68. The fourth-order valence-electron chi connectivity index (χ4n) is 5.84. The number of para-hydroxylation sites is 1. The molecule has 1 saturated heterocycles. The van der Waals surface area contributed by atoms with Gasteiger partial charge < -0.3 is 4.74 Å². The summed E-state index contributed by atoms with van der Waals surface area (Å²) >= 11 is 0. The Balaban J connectivity index is 1.49. The number of hydrogen-bond donors (Lipinski definition) is 0. The molecule has 0 N–H and O–H groups in total. The van der Waals surface area contributed by atoms with Crippen molar-refractivity contribution in [2.45, 2.75) is 83.3 Å². The number of nitrogens with zero attached hydrogens (tertiary/aromatic N) is 4. The third-order valence-corrected chi connectivity index (χ3v) is 7.51. The summed E-state index contributed by atoms with van der Waals surface area (Å²) in [6.07, 6.45) is 10.1. The average molecular weight is 435 g/mol. The number of anilines is 1. The van der Waals surface area contributed by atoms with Gasteiger partial charge in [-0.15, -0.1) is 0 Å². The van der Waals surface area contributed by atoms with Crippen LogP contribution in [0.25, 0.3) is 0 Å². The lowest BCUT2D eigenvalue weighted by Crippen LogP contribution is -2.39. The van der Waals surface area contributed by atoms with Crippen LogP contribution in [-0.2, 0) is 17.8 Å². The SMILES string of the molecule is COc1ccccc1CN1C(=O)CCc2c(C)nc(C3CCCN3C3CCCCC3)nc21. The molecule has 1 unspecified atom stereocenters. The van der Waals surface area contributed by atoms with Gasteiger partial charge in [-0.25, -0.2) is 9.97 Å². The Morgan fingerprint density at radius 2 is 1.84 bits per heavy atom. The van der Waals surface area contributed by atoms with Crippen LogP contribution in [0.5, 0.6) is 5.75 Å². The lowest BCUT2D eigenvalue weighted by atomic mass is 9.93. The first-order chi connectivity index (χ1) is 15.7. The van der Waals surface area contributed by atoms with Crippen molar-refractivity contribution >= 4 is 11.7 Å². The van der Waals surface area contributed by atoms with Crippen LogP contribution in [0, 0.1) is 6.92 Å². The zero-order valence-corrected chi connectivity index (χ0v) is 19.3. The van der Waals surface area contributed by atoms with Crippen molar-refractivity contribution in [1.82, 2.24) is 14.9 Å². The number of aromatic nitrogens is 2. The van der Waals surface area contributed by atoms with Crippen LogP contribution in [0.2, 0.25) is 0 Å². The van der Waals surface area contributed by atoms with Crippen LogP contribution in [0.1, 0.15) is 80.1 Å². The van der Waals surface area contributed by atoms with E-state index in [1.807, 2.05) is 29.2 Å². The van der Waals surface area contributed by atoms with Gasteiger partial charge in [0.15, 0.2) is 0 Å². The van der Waals surface area contributed by atoms with E-state index in [2.05, 4.69) is 11.8 Å². The third kappa shape index (κ3) is 4.01. The average Bonchev–Trinajstić information content (AvgIpc) is 3.32. The van der Waals surface area contributed by atoms with E-state index in [1.54, 1.807) is 7.11 Å². The van der Waals surface area contributed by atoms with Crippen molar-refractivity contribution in [1.29, 1.82) is 0 Å². The van der Waals surface area contributed by atoms with Crippen molar-refractivity contribution in [3.8, 4) is 5.75 Å². The molecule has 3 aliphatic rings. The van der Waals surface area contributed by atoms with E-state index in [-0.39, 0.29) is 11.9 Å². The molecule has 1 saturated carbocycles. The Bertz CT molecular complexity index is 986.